The van der Waals surface area contributed by atoms with Crippen LogP contribution in [0.4, 0.5) is 18.9 Å². The molecule has 0 aliphatic rings. The lowest BCUT2D eigenvalue weighted by molar-refractivity contribution is -0.136. The molecular formula is C12H15ClF3N. The van der Waals surface area contributed by atoms with Gasteiger partial charge in [0, 0.05) is 6.54 Å². The van der Waals surface area contributed by atoms with E-state index in [0.717, 1.165) is 12.5 Å². The van der Waals surface area contributed by atoms with Crippen LogP contribution < -0.4 is 5.32 Å². The first-order chi connectivity index (χ1) is 7.86. The van der Waals surface area contributed by atoms with Gasteiger partial charge in [-0.3, -0.25) is 0 Å². The molecule has 96 valence electrons. The zero-order valence-corrected chi connectivity index (χ0v) is 10.5. The zero-order valence-electron chi connectivity index (χ0n) is 9.74. The number of nitrogens with one attached hydrogen (secondary N) is 1. The molecule has 0 fully saturated rings. The van der Waals surface area contributed by atoms with E-state index < -0.39 is 11.7 Å². The largest absolute Gasteiger partial charge is 0.418 e. The van der Waals surface area contributed by atoms with Crippen molar-refractivity contribution in [3.8, 4) is 0 Å². The molecule has 1 rings (SSSR count). The molecule has 0 aromatic heterocycles. The third-order valence-electron chi connectivity index (χ3n) is 2.64. The van der Waals surface area contributed by atoms with Gasteiger partial charge in [0.05, 0.1) is 16.3 Å². The molecule has 1 atom stereocenters. The van der Waals surface area contributed by atoms with Crippen molar-refractivity contribution in [1.82, 2.24) is 0 Å². The summed E-state index contributed by atoms with van der Waals surface area (Å²) in [4.78, 5) is 0. The van der Waals surface area contributed by atoms with E-state index in [1.54, 1.807) is 0 Å². The van der Waals surface area contributed by atoms with E-state index in [9.17, 15) is 13.2 Å². The van der Waals surface area contributed by atoms with Crippen molar-refractivity contribution >= 4 is 17.3 Å². The van der Waals surface area contributed by atoms with E-state index in [-0.39, 0.29) is 10.7 Å². The molecule has 0 radical (unpaired) electrons. The van der Waals surface area contributed by atoms with Crippen molar-refractivity contribution in [3.05, 3.63) is 28.8 Å². The van der Waals surface area contributed by atoms with E-state index in [2.05, 4.69) is 5.32 Å². The molecule has 0 aliphatic heterocycles. The van der Waals surface area contributed by atoms with Gasteiger partial charge in [0.1, 0.15) is 0 Å². The van der Waals surface area contributed by atoms with Gasteiger partial charge < -0.3 is 5.32 Å². The van der Waals surface area contributed by atoms with Gasteiger partial charge in [0.15, 0.2) is 0 Å². The van der Waals surface area contributed by atoms with Crippen LogP contribution in [0.2, 0.25) is 5.02 Å². The Balaban J connectivity index is 2.96. The smallest absolute Gasteiger partial charge is 0.383 e. The average molecular weight is 266 g/mol. The molecular weight excluding hydrogens is 251 g/mol. The van der Waals surface area contributed by atoms with E-state index in [4.69, 9.17) is 11.6 Å². The van der Waals surface area contributed by atoms with E-state index in [0.29, 0.717) is 12.5 Å². The van der Waals surface area contributed by atoms with Crippen LogP contribution in [0.25, 0.3) is 0 Å². The van der Waals surface area contributed by atoms with Crippen LogP contribution in [-0.4, -0.2) is 6.54 Å². The van der Waals surface area contributed by atoms with Gasteiger partial charge in [-0.05, 0) is 18.1 Å². The number of benzene rings is 1. The van der Waals surface area contributed by atoms with E-state index in [1.807, 2.05) is 13.8 Å². The Hall–Kier alpha value is -0.900. The summed E-state index contributed by atoms with van der Waals surface area (Å²) in [7, 11) is 0. The fourth-order valence-electron chi connectivity index (χ4n) is 1.36. The summed E-state index contributed by atoms with van der Waals surface area (Å²) in [5, 5.41) is 2.89. The second kappa shape index (κ2) is 5.63. The van der Waals surface area contributed by atoms with E-state index >= 15 is 0 Å². The quantitative estimate of drug-likeness (QED) is 0.823. The summed E-state index contributed by atoms with van der Waals surface area (Å²) >= 11 is 5.80. The second-order valence-electron chi connectivity index (χ2n) is 4.05. The molecule has 0 spiro atoms. The molecule has 1 nitrogen and oxygen atoms in total. The van der Waals surface area contributed by atoms with Crippen molar-refractivity contribution < 1.29 is 13.2 Å². The molecule has 5 heteroatoms. The Bertz CT molecular complexity index is 377. The summed E-state index contributed by atoms with van der Waals surface area (Å²) < 4.78 is 38.2. The van der Waals surface area contributed by atoms with Crippen molar-refractivity contribution in [2.45, 2.75) is 26.4 Å². The number of para-hydroxylation sites is 1. The Morgan fingerprint density at radius 1 is 1.35 bits per heavy atom. The molecule has 0 heterocycles. The van der Waals surface area contributed by atoms with Gasteiger partial charge in [-0.15, -0.1) is 0 Å². The lowest BCUT2D eigenvalue weighted by atomic mass is 10.1. The molecule has 1 N–H and O–H groups in total. The maximum Gasteiger partial charge on any atom is 0.418 e. The van der Waals surface area contributed by atoms with Crippen LogP contribution in [0.5, 0.6) is 0 Å². The van der Waals surface area contributed by atoms with Gasteiger partial charge in [-0.1, -0.05) is 37.9 Å². The second-order valence-corrected chi connectivity index (χ2v) is 4.46. The van der Waals surface area contributed by atoms with Gasteiger partial charge >= 0.3 is 6.18 Å². The average Bonchev–Trinajstić information content (AvgIpc) is 2.25. The van der Waals surface area contributed by atoms with Crippen molar-refractivity contribution in [1.29, 1.82) is 0 Å². The van der Waals surface area contributed by atoms with Gasteiger partial charge in [0.25, 0.3) is 0 Å². The highest BCUT2D eigenvalue weighted by Crippen LogP contribution is 2.38. The summed E-state index contributed by atoms with van der Waals surface area (Å²) in [6.45, 7) is 4.43. The normalized spacial score (nSPS) is 13.5. The SMILES string of the molecule is CCC(C)CNc1c(Cl)cccc1C(F)(F)F. The molecule has 0 bridgehead atoms. The highest BCUT2D eigenvalue weighted by molar-refractivity contribution is 6.33. The van der Waals surface area contributed by atoms with Gasteiger partial charge in [-0.25, -0.2) is 0 Å². The van der Waals surface area contributed by atoms with Crippen LogP contribution in [0.3, 0.4) is 0 Å². The Kier molecular flexibility index (Phi) is 4.69. The first-order valence-corrected chi connectivity index (χ1v) is 5.83. The van der Waals surface area contributed by atoms with Crippen molar-refractivity contribution in [3.63, 3.8) is 0 Å². The molecule has 1 aromatic carbocycles. The highest BCUT2D eigenvalue weighted by atomic mass is 35.5. The maximum absolute atomic E-state index is 12.7. The Morgan fingerprint density at radius 2 is 2.00 bits per heavy atom. The summed E-state index contributed by atoms with van der Waals surface area (Å²) in [5.41, 5.74) is -0.740. The zero-order chi connectivity index (χ0) is 13.1. The number of alkyl halides is 3. The van der Waals surface area contributed by atoms with Gasteiger partial charge in [-0.2, -0.15) is 13.2 Å². The molecule has 1 aromatic rings. The third kappa shape index (κ3) is 3.80. The lowest BCUT2D eigenvalue weighted by Gasteiger charge is -2.17. The summed E-state index contributed by atoms with van der Waals surface area (Å²) in [5.74, 6) is 0.298. The monoisotopic (exact) mass is 265 g/mol. The highest BCUT2D eigenvalue weighted by Gasteiger charge is 2.34. The summed E-state index contributed by atoms with van der Waals surface area (Å²) in [6.07, 6.45) is -3.48. The Labute approximate surface area is 104 Å². The first-order valence-electron chi connectivity index (χ1n) is 5.45. The molecule has 0 aliphatic carbocycles. The number of rotatable bonds is 4. The standard InChI is InChI=1S/C12H15ClF3N/c1-3-8(2)7-17-11-9(12(14,15)16)5-4-6-10(11)13/h4-6,8,17H,3,7H2,1-2H3. The van der Waals surface area contributed by atoms with Gasteiger partial charge in [0.2, 0.25) is 0 Å². The van der Waals surface area contributed by atoms with E-state index in [1.165, 1.54) is 12.1 Å². The first kappa shape index (κ1) is 14.2. The predicted molar refractivity (Wildman–Crippen MR) is 64.4 cm³/mol. The van der Waals surface area contributed by atoms with Crippen LogP contribution >= 0.6 is 11.6 Å². The molecule has 0 amide bonds. The third-order valence-corrected chi connectivity index (χ3v) is 2.96. The van der Waals surface area contributed by atoms with Crippen LogP contribution in [0.15, 0.2) is 18.2 Å². The fraction of sp³-hybridized carbons (Fsp3) is 0.500. The van der Waals surface area contributed by atoms with Crippen LogP contribution in [0, 0.1) is 5.92 Å². The minimum absolute atomic E-state index is 0.0260. The Morgan fingerprint density at radius 3 is 2.53 bits per heavy atom. The summed E-state index contributed by atoms with van der Waals surface area (Å²) in [6, 6.07) is 3.79. The van der Waals surface area contributed by atoms with Crippen LogP contribution in [-0.2, 0) is 6.18 Å². The molecule has 17 heavy (non-hydrogen) atoms. The minimum Gasteiger partial charge on any atom is -0.383 e. The predicted octanol–water partition coefficient (Wildman–Crippen LogP) is 4.82. The number of hydrogen-bond donors (Lipinski definition) is 1. The topological polar surface area (TPSA) is 12.0 Å². The maximum atomic E-state index is 12.7. The van der Waals surface area contributed by atoms with Crippen molar-refractivity contribution in [2.24, 2.45) is 5.92 Å². The molecule has 0 saturated heterocycles. The minimum atomic E-state index is -4.39. The van der Waals surface area contributed by atoms with Crippen molar-refractivity contribution in [2.75, 3.05) is 11.9 Å². The molecule has 0 saturated carbocycles. The number of hydrogen-bond acceptors (Lipinski definition) is 1. The van der Waals surface area contributed by atoms with Crippen LogP contribution in [0.1, 0.15) is 25.8 Å². The molecule has 1 unspecified atom stereocenters. The number of halogens is 4. The fourth-order valence-corrected chi connectivity index (χ4v) is 1.60. The lowest BCUT2D eigenvalue weighted by Crippen LogP contribution is -2.15. The number of anilines is 1.